The number of methoxy groups -OCH3 is 1. The van der Waals surface area contributed by atoms with Crippen LogP contribution in [0.5, 0.6) is 5.75 Å². The van der Waals surface area contributed by atoms with Crippen LogP contribution in [0.25, 0.3) is 10.8 Å². The Labute approximate surface area is 273 Å². The van der Waals surface area contributed by atoms with E-state index in [1.165, 1.54) is 17.7 Å². The number of hydrogen-bond donors (Lipinski definition) is 1. The van der Waals surface area contributed by atoms with Crippen LogP contribution in [0.1, 0.15) is 21.9 Å². The smallest absolute Gasteiger partial charge is 0.416 e. The average Bonchev–Trinajstić information content (AvgIpc) is 3.50. The summed E-state index contributed by atoms with van der Waals surface area (Å²) in [5.41, 5.74) is -0.0891. The maximum absolute atomic E-state index is 14.1. The van der Waals surface area contributed by atoms with Crippen molar-refractivity contribution in [3.8, 4) is 5.75 Å². The molecule has 5 aromatic rings. The van der Waals surface area contributed by atoms with E-state index < -0.39 is 51.4 Å². The second-order valence-corrected chi connectivity index (χ2v) is 13.2. The quantitative estimate of drug-likeness (QED) is 0.206. The van der Waals surface area contributed by atoms with Gasteiger partial charge in [-0.1, -0.05) is 83.8 Å². The van der Waals surface area contributed by atoms with Gasteiger partial charge in [0.15, 0.2) is 0 Å². The van der Waals surface area contributed by atoms with Crippen molar-refractivity contribution in [3.05, 3.63) is 117 Å². The summed E-state index contributed by atoms with van der Waals surface area (Å²) >= 11 is 1.84. The standard InChI is InChI=1S/C34H24F3N3O5S2/c1-45-24-15-5-4-13-22(24)26-27-28(31(43)40(30(27)42)20-11-7-10-19(16-20)34(35,36)37)46-32-29(26)47-33(44)39(32)17-25(41)38-23-14-6-9-18-8-2-3-12-21(18)23/h2-16,26-28H,17H2,1H3,(H,38,41). The lowest BCUT2D eigenvalue weighted by atomic mass is 9.82. The lowest BCUT2D eigenvalue weighted by Crippen LogP contribution is -2.33. The highest BCUT2D eigenvalue weighted by Crippen LogP contribution is 2.55. The van der Waals surface area contributed by atoms with Crippen molar-refractivity contribution in [3.63, 3.8) is 0 Å². The maximum atomic E-state index is 14.1. The van der Waals surface area contributed by atoms with Gasteiger partial charge in [0.2, 0.25) is 17.7 Å². The van der Waals surface area contributed by atoms with Crippen molar-refractivity contribution in [2.45, 2.75) is 28.9 Å². The zero-order valence-corrected chi connectivity index (χ0v) is 26.1. The van der Waals surface area contributed by atoms with Gasteiger partial charge in [-0.25, -0.2) is 4.90 Å². The third-order valence-electron chi connectivity index (χ3n) is 8.32. The average molecular weight is 676 g/mol. The molecule has 1 aromatic heterocycles. The fourth-order valence-electron chi connectivity index (χ4n) is 6.26. The van der Waals surface area contributed by atoms with Gasteiger partial charge in [-0.3, -0.25) is 23.7 Å². The van der Waals surface area contributed by atoms with E-state index in [1.54, 1.807) is 30.3 Å². The molecule has 0 bridgehead atoms. The lowest BCUT2D eigenvalue weighted by molar-refractivity contribution is -0.137. The number of nitrogens with zero attached hydrogens (tertiary/aromatic N) is 2. The number of rotatable bonds is 6. The van der Waals surface area contributed by atoms with Gasteiger partial charge >= 0.3 is 11.0 Å². The molecule has 4 aromatic carbocycles. The Kier molecular flexibility index (Phi) is 7.68. The van der Waals surface area contributed by atoms with E-state index in [4.69, 9.17) is 4.74 Å². The summed E-state index contributed by atoms with van der Waals surface area (Å²) in [6, 6.07) is 24.0. The van der Waals surface area contributed by atoms with Gasteiger partial charge < -0.3 is 10.1 Å². The summed E-state index contributed by atoms with van der Waals surface area (Å²) in [5, 5.41) is 3.89. The Morgan fingerprint density at radius 2 is 1.64 bits per heavy atom. The molecule has 0 radical (unpaired) electrons. The van der Waals surface area contributed by atoms with Crippen LogP contribution in [0.15, 0.2) is 101 Å². The van der Waals surface area contributed by atoms with Crippen LogP contribution in [0, 0.1) is 5.92 Å². The van der Waals surface area contributed by atoms with E-state index in [-0.39, 0.29) is 12.2 Å². The number of hydrogen-bond acceptors (Lipinski definition) is 7. The van der Waals surface area contributed by atoms with Gasteiger partial charge in [-0.2, -0.15) is 13.2 Å². The van der Waals surface area contributed by atoms with Crippen LogP contribution in [0.4, 0.5) is 24.5 Å². The molecule has 1 N–H and O–H groups in total. The highest BCUT2D eigenvalue weighted by atomic mass is 32.2. The highest BCUT2D eigenvalue weighted by molar-refractivity contribution is 8.00. The van der Waals surface area contributed by atoms with Crippen molar-refractivity contribution in [2.75, 3.05) is 17.3 Å². The molecule has 3 atom stereocenters. The molecule has 8 nitrogen and oxygen atoms in total. The first-order valence-corrected chi connectivity index (χ1v) is 16.1. The van der Waals surface area contributed by atoms with E-state index in [1.807, 2.05) is 36.4 Å². The molecular formula is C34H24F3N3O5S2. The van der Waals surface area contributed by atoms with E-state index in [0.717, 1.165) is 57.0 Å². The van der Waals surface area contributed by atoms with Crippen LogP contribution in [-0.2, 0) is 27.1 Å². The first kappa shape index (κ1) is 30.8. The van der Waals surface area contributed by atoms with Crippen LogP contribution >= 0.6 is 23.1 Å². The van der Waals surface area contributed by atoms with E-state index >= 15 is 0 Å². The second-order valence-electron chi connectivity index (χ2n) is 11.0. The van der Waals surface area contributed by atoms with Crippen molar-refractivity contribution < 1.29 is 32.3 Å². The Hall–Kier alpha value is -4.88. The van der Waals surface area contributed by atoms with Gasteiger partial charge in [0.25, 0.3) is 0 Å². The van der Waals surface area contributed by atoms with Crippen molar-refractivity contribution in [1.29, 1.82) is 0 Å². The number of anilines is 2. The van der Waals surface area contributed by atoms with Crippen molar-refractivity contribution in [2.24, 2.45) is 5.92 Å². The maximum Gasteiger partial charge on any atom is 0.416 e. The Bertz CT molecular complexity index is 2140. The molecule has 47 heavy (non-hydrogen) atoms. The van der Waals surface area contributed by atoms with Gasteiger partial charge in [0.1, 0.15) is 17.5 Å². The Morgan fingerprint density at radius 3 is 2.43 bits per heavy atom. The molecule has 0 spiro atoms. The van der Waals surface area contributed by atoms with Crippen LogP contribution in [0.3, 0.4) is 0 Å². The second kappa shape index (κ2) is 11.7. The predicted octanol–water partition coefficient (Wildman–Crippen LogP) is 6.52. The topological polar surface area (TPSA) is 97.7 Å². The first-order valence-electron chi connectivity index (χ1n) is 14.4. The number of carbonyl (C=O) groups is 3. The number of carbonyl (C=O) groups excluding carboxylic acids is 3. The number of amides is 3. The van der Waals surface area contributed by atoms with Crippen LogP contribution in [0.2, 0.25) is 0 Å². The Balaban J connectivity index is 1.30. The van der Waals surface area contributed by atoms with Gasteiger partial charge in [-0.15, -0.1) is 0 Å². The largest absolute Gasteiger partial charge is 0.496 e. The number of fused-ring (bicyclic) bond motifs is 3. The fraction of sp³-hybridized carbons (Fsp3) is 0.176. The molecular weight excluding hydrogens is 652 g/mol. The molecule has 1 fully saturated rings. The third-order valence-corrected chi connectivity index (χ3v) is 10.9. The Morgan fingerprint density at radius 1 is 0.915 bits per heavy atom. The normalized spacial score (nSPS) is 19.1. The minimum Gasteiger partial charge on any atom is -0.496 e. The summed E-state index contributed by atoms with van der Waals surface area (Å²) in [7, 11) is 1.45. The number of halogens is 3. The number of alkyl halides is 3. The van der Waals surface area contributed by atoms with Gasteiger partial charge in [0.05, 0.1) is 29.3 Å². The minimum absolute atomic E-state index is 0.196. The summed E-state index contributed by atoms with van der Waals surface area (Å²) in [5.74, 6) is -3.36. The molecule has 0 aliphatic carbocycles. The zero-order valence-electron chi connectivity index (χ0n) is 24.5. The number of para-hydroxylation sites is 1. The number of ether oxygens (including phenoxy) is 1. The lowest BCUT2D eigenvalue weighted by Gasteiger charge is -2.31. The van der Waals surface area contributed by atoms with Crippen molar-refractivity contribution >= 4 is 63.0 Å². The number of imide groups is 1. The molecule has 2 aliphatic heterocycles. The molecule has 13 heteroatoms. The molecule has 2 aliphatic rings. The molecule has 7 rings (SSSR count). The molecule has 3 heterocycles. The molecule has 238 valence electrons. The van der Waals surface area contributed by atoms with Crippen molar-refractivity contribution in [1.82, 2.24) is 4.57 Å². The molecule has 3 unspecified atom stereocenters. The fourth-order valence-corrected chi connectivity index (χ4v) is 9.02. The number of benzene rings is 4. The minimum atomic E-state index is -4.68. The zero-order chi connectivity index (χ0) is 33.0. The summed E-state index contributed by atoms with van der Waals surface area (Å²) in [4.78, 5) is 55.8. The molecule has 3 amide bonds. The number of thiazole rings is 1. The number of nitrogens with one attached hydrogen (secondary N) is 1. The van der Waals surface area contributed by atoms with Gasteiger partial charge in [0, 0.05) is 27.4 Å². The summed E-state index contributed by atoms with van der Waals surface area (Å²) in [6.45, 7) is -0.365. The molecule has 1 saturated heterocycles. The first-order chi connectivity index (χ1) is 22.6. The van der Waals surface area contributed by atoms with Gasteiger partial charge in [-0.05, 0) is 35.7 Å². The van der Waals surface area contributed by atoms with E-state index in [2.05, 4.69) is 5.32 Å². The van der Waals surface area contributed by atoms with Crippen LogP contribution < -0.4 is 19.8 Å². The summed E-state index contributed by atoms with van der Waals surface area (Å²) < 4.78 is 47.6. The predicted molar refractivity (Wildman–Crippen MR) is 173 cm³/mol. The summed E-state index contributed by atoms with van der Waals surface area (Å²) in [6.07, 6.45) is -4.68. The highest BCUT2D eigenvalue weighted by Gasteiger charge is 2.57. The third kappa shape index (κ3) is 5.28. The number of thioether (sulfide) groups is 1. The molecule has 0 saturated carbocycles. The van der Waals surface area contributed by atoms with E-state index in [9.17, 15) is 32.3 Å². The SMILES string of the molecule is COc1ccccc1C1c2sc(=O)n(CC(=O)Nc3cccc4ccccc34)c2SC2C(=O)N(c3cccc(C(F)(F)F)c3)C(=O)C21. The monoisotopic (exact) mass is 675 g/mol. The van der Waals surface area contributed by atoms with E-state index in [0.29, 0.717) is 26.9 Å². The number of aromatic nitrogens is 1. The van der Waals surface area contributed by atoms with Crippen LogP contribution in [-0.4, -0.2) is 34.6 Å².